The molecule has 3 heterocycles. The molecule has 0 bridgehead atoms. The molecular formula is C24H18BrClN2O5S2. The van der Waals surface area contributed by atoms with Crippen LogP contribution in [0, 0.1) is 5.92 Å². The molecule has 0 unspecified atom stereocenters. The van der Waals surface area contributed by atoms with Gasteiger partial charge in [-0.05, 0) is 48.9 Å². The molecule has 7 nitrogen and oxygen atoms in total. The number of anilines is 1. The van der Waals surface area contributed by atoms with Crippen molar-refractivity contribution in [3.05, 3.63) is 78.1 Å². The van der Waals surface area contributed by atoms with E-state index in [2.05, 4.69) is 15.9 Å². The first kappa shape index (κ1) is 24.3. The largest absolute Gasteiger partial charge is 0.465 e. The maximum Gasteiger partial charge on any atom is 0.326 e. The number of benzene rings is 2. The highest BCUT2D eigenvalue weighted by molar-refractivity contribution is 9.10. The van der Waals surface area contributed by atoms with Crippen molar-refractivity contribution in [3.8, 4) is 0 Å². The Morgan fingerprint density at radius 2 is 1.86 bits per heavy atom. The Bertz CT molecular complexity index is 1400. The third kappa shape index (κ3) is 4.26. The van der Waals surface area contributed by atoms with Gasteiger partial charge in [-0.15, -0.1) is 0 Å². The van der Waals surface area contributed by atoms with Gasteiger partial charge in [0.2, 0.25) is 11.8 Å². The molecule has 0 radical (unpaired) electrons. The van der Waals surface area contributed by atoms with Crippen LogP contribution in [-0.4, -0.2) is 34.2 Å². The molecule has 1 saturated heterocycles. The van der Waals surface area contributed by atoms with Crippen molar-refractivity contribution in [3.63, 3.8) is 0 Å². The number of rotatable bonds is 5. The van der Waals surface area contributed by atoms with Gasteiger partial charge in [-0.1, -0.05) is 62.8 Å². The van der Waals surface area contributed by atoms with Gasteiger partial charge in [0.25, 0.3) is 0 Å². The molecule has 0 saturated carbocycles. The minimum absolute atomic E-state index is 0.196. The maximum absolute atomic E-state index is 13.8. The van der Waals surface area contributed by atoms with Crippen molar-refractivity contribution < 1.29 is 19.1 Å². The zero-order valence-corrected chi connectivity index (χ0v) is 22.2. The molecular weight excluding hydrogens is 576 g/mol. The summed E-state index contributed by atoms with van der Waals surface area (Å²) in [5, 5.41) is 0.271. The van der Waals surface area contributed by atoms with Crippen LogP contribution in [0.3, 0.4) is 0 Å². The molecule has 0 spiro atoms. The molecule has 0 N–H and O–H groups in total. The van der Waals surface area contributed by atoms with E-state index in [1.807, 2.05) is 24.3 Å². The zero-order valence-electron chi connectivity index (χ0n) is 18.3. The van der Waals surface area contributed by atoms with Gasteiger partial charge in [-0.25, -0.2) is 4.90 Å². The molecule has 3 aromatic rings. The van der Waals surface area contributed by atoms with Gasteiger partial charge in [0.15, 0.2) is 0 Å². The number of carbonyl (C=O) groups excluding carboxylic acids is 3. The Hall–Kier alpha value is -2.40. The molecule has 2 aliphatic rings. The SMILES string of the molecule is CCOC(=O)Cn1c2c(sc1=O)[C@@H](c1cccc(Br)c1)[C@@H]1C(=O)N(c3ccc(Cl)cc3)C(=O)[C@@H]1S2. The molecule has 0 aliphatic carbocycles. The van der Waals surface area contributed by atoms with Crippen molar-refractivity contribution in [2.45, 2.75) is 29.7 Å². The van der Waals surface area contributed by atoms with Gasteiger partial charge in [0, 0.05) is 20.3 Å². The van der Waals surface area contributed by atoms with E-state index in [1.165, 1.54) is 21.2 Å². The lowest BCUT2D eigenvalue weighted by Crippen LogP contribution is -2.32. The molecule has 1 fully saturated rings. The highest BCUT2D eigenvalue weighted by Crippen LogP contribution is 2.54. The molecule has 3 atom stereocenters. The van der Waals surface area contributed by atoms with Crippen LogP contribution in [0.2, 0.25) is 5.02 Å². The van der Waals surface area contributed by atoms with Gasteiger partial charge < -0.3 is 4.74 Å². The fraction of sp³-hybridized carbons (Fsp3) is 0.250. The lowest BCUT2D eigenvalue weighted by molar-refractivity contribution is -0.144. The fourth-order valence-electron chi connectivity index (χ4n) is 4.49. The standard InChI is InChI=1S/C24H18BrClN2O5S2/c1-2-33-16(29)11-27-23-20(35-24(27)32)17(12-4-3-5-13(25)10-12)18-19(34-23)22(31)28(21(18)30)15-8-6-14(26)7-9-15/h3-10,17-19H,2,11H2,1H3/t17-,18-,19+/m0/s1. The molecule has 35 heavy (non-hydrogen) atoms. The number of hydrogen-bond donors (Lipinski definition) is 0. The number of thiazole rings is 1. The number of imide groups is 1. The van der Waals surface area contributed by atoms with Crippen molar-refractivity contribution in [2.75, 3.05) is 11.5 Å². The monoisotopic (exact) mass is 592 g/mol. The van der Waals surface area contributed by atoms with Crippen molar-refractivity contribution in [2.24, 2.45) is 5.92 Å². The molecule has 5 rings (SSSR count). The minimum Gasteiger partial charge on any atom is -0.465 e. The second-order valence-corrected chi connectivity index (χ2v) is 11.5. The topological polar surface area (TPSA) is 85.7 Å². The van der Waals surface area contributed by atoms with Crippen LogP contribution in [0.4, 0.5) is 5.69 Å². The van der Waals surface area contributed by atoms with E-state index in [0.717, 1.165) is 21.4 Å². The Labute approximate surface area is 222 Å². The summed E-state index contributed by atoms with van der Waals surface area (Å²) in [6.45, 7) is 1.64. The van der Waals surface area contributed by atoms with Crippen LogP contribution >= 0.6 is 50.6 Å². The number of carbonyl (C=O) groups is 3. The van der Waals surface area contributed by atoms with E-state index < -0.39 is 23.1 Å². The van der Waals surface area contributed by atoms with E-state index in [1.54, 1.807) is 31.2 Å². The number of fused-ring (bicyclic) bond motifs is 2. The van der Waals surface area contributed by atoms with Crippen molar-refractivity contribution >= 4 is 74.1 Å². The van der Waals surface area contributed by atoms with Gasteiger partial charge in [0.05, 0.1) is 23.2 Å². The number of esters is 1. The van der Waals surface area contributed by atoms with E-state index >= 15 is 0 Å². The van der Waals surface area contributed by atoms with E-state index in [4.69, 9.17) is 16.3 Å². The average molecular weight is 594 g/mol. The summed E-state index contributed by atoms with van der Waals surface area (Å²) in [6.07, 6.45) is 0. The average Bonchev–Trinajstić information content (AvgIpc) is 3.26. The summed E-state index contributed by atoms with van der Waals surface area (Å²) in [5.74, 6) is -2.46. The first-order valence-electron chi connectivity index (χ1n) is 10.7. The number of amides is 2. The molecule has 1 aromatic heterocycles. The van der Waals surface area contributed by atoms with Crippen LogP contribution in [0.1, 0.15) is 23.3 Å². The molecule has 11 heteroatoms. The first-order chi connectivity index (χ1) is 16.8. The summed E-state index contributed by atoms with van der Waals surface area (Å²) >= 11 is 11.7. The van der Waals surface area contributed by atoms with E-state index in [-0.39, 0.29) is 29.8 Å². The Kier molecular flexibility index (Phi) is 6.65. The third-order valence-electron chi connectivity index (χ3n) is 5.93. The number of thioether (sulfide) groups is 1. The van der Waals surface area contributed by atoms with Gasteiger partial charge in [-0.2, -0.15) is 0 Å². The minimum atomic E-state index is -0.753. The molecule has 2 aromatic carbocycles. The second kappa shape index (κ2) is 9.57. The normalized spacial score (nSPS) is 21.1. The number of aromatic nitrogens is 1. The van der Waals surface area contributed by atoms with Crippen molar-refractivity contribution in [1.29, 1.82) is 0 Å². The highest BCUT2D eigenvalue weighted by atomic mass is 79.9. The molecule has 2 aliphatic heterocycles. The maximum atomic E-state index is 13.8. The van der Waals surface area contributed by atoms with Gasteiger partial charge >= 0.3 is 10.8 Å². The van der Waals surface area contributed by atoms with Crippen LogP contribution in [0.25, 0.3) is 0 Å². The van der Waals surface area contributed by atoms with Crippen LogP contribution in [-0.2, 0) is 25.7 Å². The molecule has 180 valence electrons. The Morgan fingerprint density at radius 3 is 2.54 bits per heavy atom. The third-order valence-corrected chi connectivity index (χ3v) is 9.28. The summed E-state index contributed by atoms with van der Waals surface area (Å²) in [7, 11) is 0. The second-order valence-electron chi connectivity index (χ2n) is 8.01. The lowest BCUT2D eigenvalue weighted by Gasteiger charge is -2.30. The number of halogens is 2. The van der Waals surface area contributed by atoms with E-state index in [9.17, 15) is 19.2 Å². The smallest absolute Gasteiger partial charge is 0.326 e. The number of ether oxygens (including phenoxy) is 1. The lowest BCUT2D eigenvalue weighted by atomic mass is 9.83. The Morgan fingerprint density at radius 1 is 1.11 bits per heavy atom. The summed E-state index contributed by atoms with van der Waals surface area (Å²) in [6, 6.07) is 14.0. The van der Waals surface area contributed by atoms with Gasteiger partial charge in [-0.3, -0.25) is 23.7 Å². The zero-order chi connectivity index (χ0) is 24.9. The van der Waals surface area contributed by atoms with Crippen LogP contribution < -0.4 is 9.77 Å². The van der Waals surface area contributed by atoms with Crippen molar-refractivity contribution in [1.82, 2.24) is 4.57 Å². The predicted molar refractivity (Wildman–Crippen MR) is 138 cm³/mol. The van der Waals surface area contributed by atoms with E-state index in [0.29, 0.717) is 20.6 Å². The Balaban J connectivity index is 1.65. The van der Waals surface area contributed by atoms with Crippen LogP contribution in [0.5, 0.6) is 0 Å². The molecule has 2 amide bonds. The fourth-order valence-corrected chi connectivity index (χ4v) is 7.81. The summed E-state index contributed by atoms with van der Waals surface area (Å²) < 4.78 is 7.22. The first-order valence-corrected chi connectivity index (χ1v) is 13.6. The van der Waals surface area contributed by atoms with Gasteiger partial charge in [0.1, 0.15) is 11.8 Å². The van der Waals surface area contributed by atoms with Crippen LogP contribution in [0.15, 0.2) is 62.8 Å². The highest BCUT2D eigenvalue weighted by Gasteiger charge is 2.56. The number of hydrogen-bond acceptors (Lipinski definition) is 7. The predicted octanol–water partition coefficient (Wildman–Crippen LogP) is 4.68. The summed E-state index contributed by atoms with van der Waals surface area (Å²) in [4.78, 5) is 54.1. The quantitative estimate of drug-likeness (QED) is 0.315. The number of nitrogens with zero attached hydrogens (tertiary/aromatic N) is 2. The summed E-state index contributed by atoms with van der Waals surface area (Å²) in [5.41, 5.74) is 1.25.